The molecule has 9 heteroatoms. The van der Waals surface area contributed by atoms with Crippen molar-refractivity contribution in [2.24, 2.45) is 16.0 Å². The number of amidine groups is 2. The van der Waals surface area contributed by atoms with Gasteiger partial charge in [-0.05, 0) is 55.4 Å². The van der Waals surface area contributed by atoms with E-state index in [-0.39, 0.29) is 17.3 Å². The zero-order chi connectivity index (χ0) is 21.7. The summed E-state index contributed by atoms with van der Waals surface area (Å²) in [6.45, 7) is 7.92. The Hall–Kier alpha value is -2.35. The van der Waals surface area contributed by atoms with Gasteiger partial charge in [0, 0.05) is 17.3 Å². The lowest BCUT2D eigenvalue weighted by Crippen LogP contribution is -2.35. The number of thioether (sulfide) groups is 1. The van der Waals surface area contributed by atoms with Gasteiger partial charge in [-0.1, -0.05) is 43.1 Å². The molecule has 6 nitrogen and oxygen atoms in total. The number of hydrogen-bond donors (Lipinski definition) is 1. The van der Waals surface area contributed by atoms with Gasteiger partial charge in [0.25, 0.3) is 5.91 Å². The molecule has 0 unspecified atom stereocenters. The van der Waals surface area contributed by atoms with E-state index in [0.717, 1.165) is 27.7 Å². The first-order valence-corrected chi connectivity index (χ1v) is 10.9. The van der Waals surface area contributed by atoms with Crippen molar-refractivity contribution < 1.29 is 4.79 Å². The van der Waals surface area contributed by atoms with E-state index in [2.05, 4.69) is 10.1 Å². The van der Waals surface area contributed by atoms with Crippen LogP contribution in [-0.2, 0) is 4.79 Å². The highest BCUT2D eigenvalue weighted by Gasteiger charge is 2.36. The van der Waals surface area contributed by atoms with E-state index in [4.69, 9.17) is 28.6 Å². The number of halogens is 2. The maximum Gasteiger partial charge on any atom is 0.283 e. The molecule has 1 aromatic heterocycles. The normalized spacial score (nSPS) is 17.7. The van der Waals surface area contributed by atoms with E-state index in [1.807, 2.05) is 50.5 Å². The van der Waals surface area contributed by atoms with Gasteiger partial charge in [-0.25, -0.2) is 0 Å². The predicted molar refractivity (Wildman–Crippen MR) is 125 cm³/mol. The minimum atomic E-state index is -0.440. The summed E-state index contributed by atoms with van der Waals surface area (Å²) < 4.78 is 1.98. The molecule has 0 atom stereocenters. The molecule has 0 saturated carbocycles. The number of aromatic nitrogens is 1. The van der Waals surface area contributed by atoms with Crippen LogP contribution in [0.3, 0.4) is 0 Å². The zero-order valence-corrected chi connectivity index (χ0v) is 19.2. The summed E-state index contributed by atoms with van der Waals surface area (Å²) in [5.74, 6) is -0.219. The van der Waals surface area contributed by atoms with Crippen LogP contribution in [-0.4, -0.2) is 31.5 Å². The highest BCUT2D eigenvalue weighted by atomic mass is 35.5. The van der Waals surface area contributed by atoms with Crippen LogP contribution >= 0.6 is 35.0 Å². The lowest BCUT2D eigenvalue weighted by atomic mass is 10.1. The number of nitrogens with zero attached hydrogens (tertiary/aromatic N) is 4. The highest BCUT2D eigenvalue weighted by Crippen LogP contribution is 2.34. The van der Waals surface area contributed by atoms with Crippen molar-refractivity contribution in [1.29, 1.82) is 5.41 Å². The molecule has 1 amide bonds. The number of nitrogens with one attached hydrogen (secondary N) is 1. The molecule has 0 spiro atoms. The summed E-state index contributed by atoms with van der Waals surface area (Å²) in [6.07, 6.45) is 1.69. The monoisotopic (exact) mass is 459 g/mol. The van der Waals surface area contributed by atoms with Crippen molar-refractivity contribution in [1.82, 2.24) is 9.58 Å². The largest absolute Gasteiger partial charge is 0.316 e. The van der Waals surface area contributed by atoms with Crippen molar-refractivity contribution in [2.75, 3.05) is 0 Å². The average molecular weight is 460 g/mol. The topological polar surface area (TPSA) is 73.8 Å². The minimum Gasteiger partial charge on any atom is -0.316 e. The standard InChI is InChI=1S/C21H19Cl2N5OS/c1-10(2)20-26-28-18(24)14(19(29)25-21(28)30-20)9-13-8-11(3)27(12(13)4)16-7-5-6-15(22)17(16)23/h5-10,24H,1-4H3/b14-9-,24-18?. The number of fused-ring (bicyclic) bond motifs is 1. The predicted octanol–water partition coefficient (Wildman–Crippen LogP) is 5.68. The molecule has 2 aliphatic heterocycles. The van der Waals surface area contributed by atoms with Crippen LogP contribution < -0.4 is 0 Å². The molecule has 1 aromatic carbocycles. The third-order valence-corrected chi connectivity index (χ3v) is 6.92. The van der Waals surface area contributed by atoms with E-state index in [1.165, 1.54) is 16.8 Å². The van der Waals surface area contributed by atoms with Gasteiger partial charge < -0.3 is 4.57 Å². The summed E-state index contributed by atoms with van der Waals surface area (Å²) in [7, 11) is 0. The Bertz CT molecular complexity index is 1190. The van der Waals surface area contributed by atoms with Crippen LogP contribution in [0.25, 0.3) is 11.8 Å². The van der Waals surface area contributed by atoms with E-state index in [0.29, 0.717) is 15.2 Å². The maximum atomic E-state index is 12.7. The summed E-state index contributed by atoms with van der Waals surface area (Å²) in [5.41, 5.74) is 3.57. The Kier molecular flexibility index (Phi) is 5.38. The molecular formula is C21H19Cl2N5OS. The van der Waals surface area contributed by atoms with Crippen molar-refractivity contribution in [3.05, 3.63) is 56.8 Å². The van der Waals surface area contributed by atoms with Crippen LogP contribution in [0.4, 0.5) is 0 Å². The number of hydrazone groups is 1. The van der Waals surface area contributed by atoms with Gasteiger partial charge in [-0.3, -0.25) is 10.2 Å². The van der Waals surface area contributed by atoms with Crippen molar-refractivity contribution in [3.63, 3.8) is 0 Å². The molecule has 3 heterocycles. The van der Waals surface area contributed by atoms with Crippen LogP contribution in [0, 0.1) is 25.2 Å². The third-order valence-electron chi connectivity index (χ3n) is 4.91. The van der Waals surface area contributed by atoms with E-state index >= 15 is 0 Å². The first kappa shape index (κ1) is 20.9. The number of aliphatic imine (C=N–C) groups is 1. The maximum absolute atomic E-state index is 12.7. The van der Waals surface area contributed by atoms with Crippen LogP contribution in [0.15, 0.2) is 39.9 Å². The smallest absolute Gasteiger partial charge is 0.283 e. The SMILES string of the molecule is Cc1cc(/C=C2/C(=N)N3N=C(C(C)C)SC3=NC2=O)c(C)n1-c1cccc(Cl)c1Cl. The molecular weight excluding hydrogens is 441 g/mol. The second kappa shape index (κ2) is 7.72. The Morgan fingerprint density at radius 2 is 1.97 bits per heavy atom. The van der Waals surface area contributed by atoms with Crippen LogP contribution in [0.5, 0.6) is 0 Å². The number of hydrogen-bond acceptors (Lipinski definition) is 4. The van der Waals surface area contributed by atoms with Crippen LogP contribution in [0.1, 0.15) is 30.8 Å². The molecule has 0 bridgehead atoms. The number of benzene rings is 1. The second-order valence-corrected chi connectivity index (χ2v) is 9.12. The third kappa shape index (κ3) is 3.41. The van der Waals surface area contributed by atoms with Gasteiger partial charge in [0.15, 0.2) is 5.84 Å². The van der Waals surface area contributed by atoms with E-state index in [1.54, 1.807) is 12.1 Å². The van der Waals surface area contributed by atoms with Crippen molar-refractivity contribution in [2.45, 2.75) is 27.7 Å². The summed E-state index contributed by atoms with van der Waals surface area (Å²) in [5, 5.41) is 16.6. The highest BCUT2D eigenvalue weighted by molar-refractivity contribution is 8.27. The van der Waals surface area contributed by atoms with Crippen LogP contribution in [0.2, 0.25) is 10.0 Å². The van der Waals surface area contributed by atoms with Gasteiger partial charge in [0.1, 0.15) is 5.04 Å². The molecule has 30 heavy (non-hydrogen) atoms. The molecule has 1 N–H and O–H groups in total. The Morgan fingerprint density at radius 1 is 1.23 bits per heavy atom. The molecule has 2 aromatic rings. The number of carbonyl (C=O) groups is 1. The van der Waals surface area contributed by atoms with Crippen molar-refractivity contribution in [3.8, 4) is 5.69 Å². The molecule has 154 valence electrons. The lowest BCUT2D eigenvalue weighted by molar-refractivity contribution is -0.114. The van der Waals surface area contributed by atoms with Gasteiger partial charge in [0.05, 0.1) is 21.3 Å². The quantitative estimate of drug-likeness (QED) is 0.600. The number of carbonyl (C=O) groups excluding carboxylic acids is 1. The fourth-order valence-electron chi connectivity index (χ4n) is 3.37. The zero-order valence-electron chi connectivity index (χ0n) is 16.8. The van der Waals surface area contributed by atoms with Crippen molar-refractivity contribution >= 4 is 63.0 Å². The molecule has 0 saturated heterocycles. The average Bonchev–Trinajstić information content (AvgIpc) is 3.23. The number of rotatable bonds is 3. The Morgan fingerprint density at radius 3 is 2.67 bits per heavy atom. The first-order chi connectivity index (χ1) is 14.2. The fourth-order valence-corrected chi connectivity index (χ4v) is 4.64. The molecule has 4 rings (SSSR count). The van der Waals surface area contributed by atoms with Gasteiger partial charge in [0.2, 0.25) is 5.17 Å². The second-order valence-electron chi connectivity index (χ2n) is 7.35. The fraction of sp³-hybridized carbons (Fsp3) is 0.238. The van der Waals surface area contributed by atoms with Gasteiger partial charge in [-0.2, -0.15) is 15.1 Å². The van der Waals surface area contributed by atoms with Gasteiger partial charge in [-0.15, -0.1) is 0 Å². The number of aryl methyl sites for hydroxylation is 1. The molecule has 0 aliphatic carbocycles. The summed E-state index contributed by atoms with van der Waals surface area (Å²) in [6, 6.07) is 7.41. The Balaban J connectivity index is 1.77. The number of amides is 1. The summed E-state index contributed by atoms with van der Waals surface area (Å²) >= 11 is 13.9. The van der Waals surface area contributed by atoms with Gasteiger partial charge >= 0.3 is 0 Å². The first-order valence-electron chi connectivity index (χ1n) is 9.32. The Labute approximate surface area is 188 Å². The lowest BCUT2D eigenvalue weighted by Gasteiger charge is -2.20. The van der Waals surface area contributed by atoms with E-state index < -0.39 is 5.91 Å². The molecule has 2 aliphatic rings. The summed E-state index contributed by atoms with van der Waals surface area (Å²) in [4.78, 5) is 16.8. The molecule has 0 radical (unpaired) electrons. The minimum absolute atomic E-state index is 0.0266. The van der Waals surface area contributed by atoms with E-state index in [9.17, 15) is 4.79 Å². The molecule has 0 fully saturated rings.